The number of carbonyl (C=O) groups excluding carboxylic acids is 1. The van der Waals surface area contributed by atoms with E-state index in [1.807, 2.05) is 6.92 Å². The van der Waals surface area contributed by atoms with Crippen molar-refractivity contribution in [3.05, 3.63) is 60.7 Å². The molecule has 2 aromatic rings. The molecule has 248 valence electrons. The van der Waals surface area contributed by atoms with Gasteiger partial charge in [0.1, 0.15) is 0 Å². The zero-order valence-corrected chi connectivity index (χ0v) is 36.6. The van der Waals surface area contributed by atoms with Gasteiger partial charge in [0.15, 0.2) is 0 Å². The number of amides is 1. The number of fused-ring (bicyclic) bond motifs is 1. The molecule has 2 aliphatic heterocycles. The van der Waals surface area contributed by atoms with Crippen molar-refractivity contribution in [1.82, 2.24) is 4.31 Å². The molecule has 2 heterocycles. The monoisotopic (exact) mass is 873 g/mol. The van der Waals surface area contributed by atoms with Gasteiger partial charge in [-0.25, -0.2) is 0 Å². The van der Waals surface area contributed by atoms with Crippen LogP contribution in [-0.4, -0.2) is 57.1 Å². The summed E-state index contributed by atoms with van der Waals surface area (Å²) < 4.78 is 42.9. The van der Waals surface area contributed by atoms with Gasteiger partial charge >= 0.3 is 295 Å². The molecule has 0 N–H and O–H groups in total. The minimum absolute atomic E-state index is 0.0693. The Balaban J connectivity index is 1.22. The van der Waals surface area contributed by atoms with Crippen molar-refractivity contribution in [2.75, 3.05) is 5.75 Å². The summed E-state index contributed by atoms with van der Waals surface area (Å²) in [5, 5.41) is 2.33. The summed E-state index contributed by atoms with van der Waals surface area (Å²) in [5.74, 6) is -0.237. The third-order valence-corrected chi connectivity index (χ3v) is 28.9. The van der Waals surface area contributed by atoms with Crippen LogP contribution in [0.3, 0.4) is 0 Å². The standard InChI is InChI=1S/C36H50NO5SSi.ClH.Hg/c1-25(42-44(34(3,4)5,29-14-10-8-11-15-29)30-16-12-9-13-17-30)22-28-18-19-31(41-28)26(2)33(38)37-32-23-27-20-21-36(32,35(27,6)7)24-43(37,39)40;;/h8-17,22,25-28,31-32H,18-21,23-24H2,1-7H3;1H;/q;;+1/p-1/t25-,26+,27+,28+,31-,32+,36+;;/m0../s1. The van der Waals surface area contributed by atoms with Gasteiger partial charge in [-0.05, 0) is 0 Å². The molecule has 10 heteroatoms. The van der Waals surface area contributed by atoms with Crippen LogP contribution in [0.15, 0.2) is 60.7 Å². The predicted octanol–water partition coefficient (Wildman–Crippen LogP) is 6.53. The number of hydrogen-bond acceptors (Lipinski definition) is 5. The van der Waals surface area contributed by atoms with Gasteiger partial charge < -0.3 is 0 Å². The van der Waals surface area contributed by atoms with Gasteiger partial charge in [-0.15, -0.1) is 0 Å². The number of rotatable bonds is 9. The van der Waals surface area contributed by atoms with Crippen molar-refractivity contribution >= 4 is 42.9 Å². The van der Waals surface area contributed by atoms with Gasteiger partial charge in [-0.2, -0.15) is 0 Å². The van der Waals surface area contributed by atoms with Crippen molar-refractivity contribution in [2.45, 2.75) is 113 Å². The first-order valence-corrected chi connectivity index (χ1v) is 30.6. The van der Waals surface area contributed by atoms with Crippen LogP contribution in [0.25, 0.3) is 0 Å². The van der Waals surface area contributed by atoms with Crippen molar-refractivity contribution in [2.24, 2.45) is 22.7 Å². The Kier molecular flexibility index (Phi) is 9.55. The molecule has 1 amide bonds. The quantitative estimate of drug-likeness (QED) is 0.269. The molecule has 2 saturated carbocycles. The maximum absolute atomic E-state index is 14.1. The number of nitrogens with zero attached hydrogens (tertiary/aromatic N) is 1. The fraction of sp³-hybridized carbons (Fsp3) is 0.639. The molecule has 0 aromatic heterocycles. The van der Waals surface area contributed by atoms with E-state index in [1.54, 1.807) is 0 Å². The van der Waals surface area contributed by atoms with Crippen LogP contribution < -0.4 is 10.4 Å². The molecule has 4 fully saturated rings. The summed E-state index contributed by atoms with van der Waals surface area (Å²) in [7, 11) is 0.516. The summed E-state index contributed by atoms with van der Waals surface area (Å²) in [6.07, 6.45) is 3.75. The molecule has 0 unspecified atom stereocenters. The van der Waals surface area contributed by atoms with Crippen molar-refractivity contribution in [3.8, 4) is 0 Å². The Labute approximate surface area is 293 Å². The molecule has 2 aromatic carbocycles. The SMILES string of the molecule is C[C@H](O[Si](c1ccccc1)(c1ccccc1)C(C)(C)C)[C@@H]([Hg][Cl])[C@H]1CC[C@@H]([C@@H](C)C(=O)N2[C@@H]3C[C@H]4CC[C@]3(CS2(=O)=O)C4(C)C)O1. The minimum atomic E-state index is -3.67. The second-order valence-corrected chi connectivity index (χ2v) is 29.8. The Morgan fingerprint density at radius 1 is 1.00 bits per heavy atom. The molecule has 2 aliphatic carbocycles. The maximum atomic E-state index is 14.1. The third-order valence-electron chi connectivity index (χ3n) is 12.7. The van der Waals surface area contributed by atoms with Crippen LogP contribution in [0.4, 0.5) is 0 Å². The summed E-state index contributed by atoms with van der Waals surface area (Å²) in [6, 6.07) is 21.1. The van der Waals surface area contributed by atoms with E-state index in [0.717, 1.165) is 32.1 Å². The average Bonchev–Trinajstić information content (AvgIpc) is 3.70. The Hall–Kier alpha value is -0.778. The van der Waals surface area contributed by atoms with Gasteiger partial charge in [0.25, 0.3) is 0 Å². The molecular formula is C36H50ClHgNO5SSi. The van der Waals surface area contributed by atoms with E-state index >= 15 is 0 Å². The second kappa shape index (κ2) is 12.5. The van der Waals surface area contributed by atoms with Crippen LogP contribution in [-0.2, 0) is 47.3 Å². The zero-order valence-electron chi connectivity index (χ0n) is 28.5. The average molecular weight is 873 g/mol. The number of benzene rings is 2. The number of ether oxygens (including phenoxy) is 1. The second-order valence-electron chi connectivity index (χ2n) is 16.1. The number of halogens is 1. The summed E-state index contributed by atoms with van der Waals surface area (Å²) in [5.41, 5.74) is -0.391. The van der Waals surface area contributed by atoms with Gasteiger partial charge in [0.05, 0.1) is 0 Å². The Bertz CT molecular complexity index is 1500. The first-order valence-electron chi connectivity index (χ1n) is 17.2. The van der Waals surface area contributed by atoms with Crippen LogP contribution in [0.5, 0.6) is 0 Å². The Morgan fingerprint density at radius 2 is 1.57 bits per heavy atom. The van der Waals surface area contributed by atoms with Gasteiger partial charge in [0, 0.05) is 0 Å². The van der Waals surface area contributed by atoms with Crippen molar-refractivity contribution in [3.63, 3.8) is 0 Å². The molecule has 1 spiro atoms. The third kappa shape index (κ3) is 5.42. The first kappa shape index (κ1) is 35.1. The molecular weight excluding hydrogens is 823 g/mol. The molecule has 2 saturated heterocycles. The molecule has 2 bridgehead atoms. The number of sulfonamides is 1. The fourth-order valence-electron chi connectivity index (χ4n) is 9.90. The van der Waals surface area contributed by atoms with E-state index in [0.29, 0.717) is 5.92 Å². The van der Waals surface area contributed by atoms with Gasteiger partial charge in [-0.3, -0.25) is 0 Å². The summed E-state index contributed by atoms with van der Waals surface area (Å²) in [6.45, 7) is 15.3. The van der Waals surface area contributed by atoms with E-state index in [9.17, 15) is 13.2 Å². The van der Waals surface area contributed by atoms with Crippen LogP contribution in [0, 0.1) is 22.7 Å². The predicted molar refractivity (Wildman–Crippen MR) is 183 cm³/mol. The van der Waals surface area contributed by atoms with Crippen LogP contribution >= 0.6 is 8.25 Å². The summed E-state index contributed by atoms with van der Waals surface area (Å²) >= 11 is -1.97. The Morgan fingerprint density at radius 3 is 2.09 bits per heavy atom. The van der Waals surface area contributed by atoms with Crippen molar-refractivity contribution < 1.29 is 45.7 Å². The topological polar surface area (TPSA) is 72.9 Å². The van der Waals surface area contributed by atoms with Gasteiger partial charge in [0.2, 0.25) is 0 Å². The molecule has 6 nitrogen and oxygen atoms in total. The molecule has 6 rings (SSSR count). The molecule has 4 aliphatic rings. The van der Waals surface area contributed by atoms with E-state index in [2.05, 4.69) is 102 Å². The van der Waals surface area contributed by atoms with E-state index in [1.165, 1.54) is 14.7 Å². The molecule has 8 atom stereocenters. The van der Waals surface area contributed by atoms with E-state index in [-0.39, 0.29) is 55.3 Å². The zero-order chi connectivity index (χ0) is 33.3. The summed E-state index contributed by atoms with van der Waals surface area (Å²) in [4.78, 5) is 14.1. The van der Waals surface area contributed by atoms with E-state index in [4.69, 9.17) is 17.4 Å². The molecule has 0 radical (unpaired) electrons. The van der Waals surface area contributed by atoms with Crippen LogP contribution in [0.2, 0.25) is 8.46 Å². The van der Waals surface area contributed by atoms with Gasteiger partial charge in [-0.1, -0.05) is 0 Å². The molecule has 46 heavy (non-hydrogen) atoms. The van der Waals surface area contributed by atoms with Crippen molar-refractivity contribution in [1.29, 1.82) is 0 Å². The normalized spacial score (nSPS) is 31.7. The van der Waals surface area contributed by atoms with E-state index < -0.39 is 47.6 Å². The fourth-order valence-corrected chi connectivity index (χ4v) is 25.4. The number of hydrogen-bond donors (Lipinski definition) is 0. The number of carbonyl (C=O) groups is 1. The van der Waals surface area contributed by atoms with Crippen LogP contribution in [0.1, 0.15) is 80.6 Å². The first-order chi connectivity index (χ1) is 21.6.